The van der Waals surface area contributed by atoms with Gasteiger partial charge in [-0.05, 0) is 36.8 Å². The zero-order valence-corrected chi connectivity index (χ0v) is 16.6. The molecule has 0 heterocycles. The molecule has 4 atom stereocenters. The summed E-state index contributed by atoms with van der Waals surface area (Å²) in [5.74, 6) is 0.691. The lowest BCUT2D eigenvalue weighted by molar-refractivity contribution is 0.00447. The van der Waals surface area contributed by atoms with E-state index in [-0.39, 0.29) is 6.10 Å². The molecule has 2 aromatic carbocycles. The Morgan fingerprint density at radius 3 is 2.37 bits per heavy atom. The van der Waals surface area contributed by atoms with Crippen LogP contribution in [-0.4, -0.2) is 30.4 Å². The predicted octanol–water partition coefficient (Wildman–Crippen LogP) is 4.63. The van der Waals surface area contributed by atoms with Gasteiger partial charge >= 0.3 is 0 Å². The van der Waals surface area contributed by atoms with Crippen molar-refractivity contribution < 1.29 is 9.84 Å². The molecule has 27 heavy (non-hydrogen) atoms. The Hall–Kier alpha value is -1.68. The predicted molar refractivity (Wildman–Crippen MR) is 111 cm³/mol. The molecular formula is C24H33NO2. The second kappa shape index (κ2) is 10.0. The topological polar surface area (TPSA) is 41.5 Å². The summed E-state index contributed by atoms with van der Waals surface area (Å²) in [4.78, 5) is 0. The van der Waals surface area contributed by atoms with Crippen LogP contribution in [0.2, 0.25) is 0 Å². The third-order valence-corrected chi connectivity index (χ3v) is 5.66. The number of rotatable bonds is 8. The first-order valence-electron chi connectivity index (χ1n) is 10.3. The minimum Gasteiger partial charge on any atom is -0.389 e. The molecule has 0 radical (unpaired) electrons. The summed E-state index contributed by atoms with van der Waals surface area (Å²) >= 11 is 0. The van der Waals surface area contributed by atoms with Crippen molar-refractivity contribution in [1.82, 2.24) is 5.32 Å². The van der Waals surface area contributed by atoms with Crippen molar-refractivity contribution >= 4 is 0 Å². The Balaban J connectivity index is 1.58. The molecule has 3 nitrogen and oxygen atoms in total. The standard InChI is InChI=1S/C24H33NO2/c1-18-12-14-21(15-13-18)24(20-9-4-3-5-10-20)27-17-22(26)16-25-23-11-7-6-8-19(23)2/h3-5,9-10,12-15,19,22-26H,6-8,11,16-17H2,1-2H3/t19-,22-,23-,24-/m1/s1. The summed E-state index contributed by atoms with van der Waals surface area (Å²) < 4.78 is 6.19. The first kappa shape index (κ1) is 20.1. The lowest BCUT2D eigenvalue weighted by Gasteiger charge is -2.30. The van der Waals surface area contributed by atoms with Crippen molar-refractivity contribution in [3.63, 3.8) is 0 Å². The van der Waals surface area contributed by atoms with Crippen LogP contribution in [0.4, 0.5) is 0 Å². The number of benzene rings is 2. The summed E-state index contributed by atoms with van der Waals surface area (Å²) in [7, 11) is 0. The van der Waals surface area contributed by atoms with E-state index in [1.165, 1.54) is 31.2 Å². The monoisotopic (exact) mass is 367 g/mol. The van der Waals surface area contributed by atoms with Crippen molar-refractivity contribution in [3.05, 3.63) is 71.3 Å². The van der Waals surface area contributed by atoms with Crippen LogP contribution >= 0.6 is 0 Å². The van der Waals surface area contributed by atoms with E-state index >= 15 is 0 Å². The Kier molecular flexibility index (Phi) is 7.45. The number of nitrogens with one attached hydrogen (secondary N) is 1. The number of aliphatic hydroxyl groups is 1. The number of ether oxygens (including phenoxy) is 1. The number of hydrogen-bond acceptors (Lipinski definition) is 3. The van der Waals surface area contributed by atoms with Crippen LogP contribution in [0.1, 0.15) is 55.4 Å². The second-order valence-electron chi connectivity index (χ2n) is 7.97. The molecule has 0 saturated heterocycles. The van der Waals surface area contributed by atoms with Gasteiger partial charge in [0.05, 0.1) is 12.7 Å². The van der Waals surface area contributed by atoms with Gasteiger partial charge < -0.3 is 15.2 Å². The first-order chi connectivity index (χ1) is 13.1. The van der Waals surface area contributed by atoms with Crippen molar-refractivity contribution in [2.24, 2.45) is 5.92 Å². The molecule has 3 heteroatoms. The van der Waals surface area contributed by atoms with Gasteiger partial charge in [0.25, 0.3) is 0 Å². The largest absolute Gasteiger partial charge is 0.389 e. The molecular weight excluding hydrogens is 334 g/mol. The Morgan fingerprint density at radius 2 is 1.67 bits per heavy atom. The van der Waals surface area contributed by atoms with Gasteiger partial charge in [-0.2, -0.15) is 0 Å². The number of aryl methyl sites for hydroxylation is 1. The maximum Gasteiger partial charge on any atom is 0.108 e. The molecule has 2 N–H and O–H groups in total. The molecule has 0 unspecified atom stereocenters. The molecule has 3 rings (SSSR count). The van der Waals surface area contributed by atoms with Gasteiger partial charge in [-0.3, -0.25) is 0 Å². The first-order valence-corrected chi connectivity index (χ1v) is 10.3. The highest BCUT2D eigenvalue weighted by Gasteiger charge is 2.22. The van der Waals surface area contributed by atoms with Gasteiger partial charge in [0, 0.05) is 12.6 Å². The molecule has 1 aliphatic rings. The van der Waals surface area contributed by atoms with Gasteiger partial charge in [-0.25, -0.2) is 0 Å². The molecule has 2 aromatic rings. The van der Waals surface area contributed by atoms with E-state index in [9.17, 15) is 5.11 Å². The van der Waals surface area contributed by atoms with Gasteiger partial charge in [0.15, 0.2) is 0 Å². The van der Waals surface area contributed by atoms with Crippen LogP contribution in [0.3, 0.4) is 0 Å². The quantitative estimate of drug-likeness (QED) is 0.715. The van der Waals surface area contributed by atoms with E-state index in [1.54, 1.807) is 0 Å². The number of hydrogen-bond donors (Lipinski definition) is 2. The Bertz CT molecular complexity index is 671. The molecule has 0 aromatic heterocycles. The smallest absolute Gasteiger partial charge is 0.108 e. The van der Waals surface area contributed by atoms with Crippen molar-refractivity contribution in [3.8, 4) is 0 Å². The summed E-state index contributed by atoms with van der Waals surface area (Å²) in [5.41, 5.74) is 3.46. The van der Waals surface area contributed by atoms with E-state index < -0.39 is 6.10 Å². The maximum absolute atomic E-state index is 10.5. The van der Waals surface area contributed by atoms with Crippen LogP contribution in [0.5, 0.6) is 0 Å². The summed E-state index contributed by atoms with van der Waals surface area (Å²) in [6.45, 7) is 5.30. The maximum atomic E-state index is 10.5. The van der Waals surface area contributed by atoms with Gasteiger partial charge in [-0.15, -0.1) is 0 Å². The molecule has 1 aliphatic carbocycles. The van der Waals surface area contributed by atoms with Crippen LogP contribution < -0.4 is 5.32 Å². The van der Waals surface area contributed by atoms with Crippen LogP contribution in [0, 0.1) is 12.8 Å². The minimum atomic E-state index is -0.504. The fourth-order valence-electron chi connectivity index (χ4n) is 3.93. The lowest BCUT2D eigenvalue weighted by atomic mass is 9.86. The van der Waals surface area contributed by atoms with Crippen molar-refractivity contribution in [2.45, 2.75) is 57.8 Å². The minimum absolute atomic E-state index is 0.157. The highest BCUT2D eigenvalue weighted by Crippen LogP contribution is 2.27. The van der Waals surface area contributed by atoms with Gasteiger partial charge in [-0.1, -0.05) is 79.9 Å². The second-order valence-corrected chi connectivity index (χ2v) is 7.97. The zero-order valence-electron chi connectivity index (χ0n) is 16.6. The van der Waals surface area contributed by atoms with E-state index in [4.69, 9.17) is 4.74 Å². The zero-order chi connectivity index (χ0) is 19.1. The summed E-state index contributed by atoms with van der Waals surface area (Å²) in [6, 6.07) is 19.2. The molecule has 1 fully saturated rings. The van der Waals surface area contributed by atoms with Crippen LogP contribution in [0.15, 0.2) is 54.6 Å². The third kappa shape index (κ3) is 5.90. The van der Waals surface area contributed by atoms with E-state index in [1.807, 2.05) is 18.2 Å². The average molecular weight is 368 g/mol. The Labute approximate surface area is 163 Å². The van der Waals surface area contributed by atoms with Crippen molar-refractivity contribution in [1.29, 1.82) is 0 Å². The van der Waals surface area contributed by atoms with E-state index in [0.717, 1.165) is 11.1 Å². The fourth-order valence-corrected chi connectivity index (χ4v) is 3.93. The molecule has 146 valence electrons. The highest BCUT2D eigenvalue weighted by molar-refractivity contribution is 5.31. The van der Waals surface area contributed by atoms with Crippen LogP contribution in [0.25, 0.3) is 0 Å². The van der Waals surface area contributed by atoms with E-state index in [0.29, 0.717) is 25.1 Å². The van der Waals surface area contributed by atoms with Crippen LogP contribution in [-0.2, 0) is 4.74 Å². The molecule has 1 saturated carbocycles. The highest BCUT2D eigenvalue weighted by atomic mass is 16.5. The van der Waals surface area contributed by atoms with Gasteiger partial charge in [0.1, 0.15) is 6.10 Å². The molecule has 0 aliphatic heterocycles. The number of aliphatic hydroxyl groups excluding tert-OH is 1. The molecule has 0 amide bonds. The van der Waals surface area contributed by atoms with Gasteiger partial charge in [0.2, 0.25) is 0 Å². The lowest BCUT2D eigenvalue weighted by Crippen LogP contribution is -2.42. The molecule has 0 spiro atoms. The third-order valence-electron chi connectivity index (χ3n) is 5.66. The summed E-state index contributed by atoms with van der Waals surface area (Å²) in [6.07, 6.45) is 4.46. The van der Waals surface area contributed by atoms with Crippen molar-refractivity contribution in [2.75, 3.05) is 13.2 Å². The fraction of sp³-hybridized carbons (Fsp3) is 0.500. The Morgan fingerprint density at radius 1 is 1.00 bits per heavy atom. The normalized spacial score (nSPS) is 22.3. The molecule has 0 bridgehead atoms. The SMILES string of the molecule is Cc1ccc([C@H](OC[C@H](O)CN[C@@H]2CCCC[C@H]2C)c2ccccc2)cc1. The average Bonchev–Trinajstić information content (AvgIpc) is 2.69. The van der Waals surface area contributed by atoms with E-state index in [2.05, 4.69) is 55.6 Å². The summed E-state index contributed by atoms with van der Waals surface area (Å²) in [5, 5.41) is 14.0.